The van der Waals surface area contributed by atoms with Crippen molar-refractivity contribution in [1.82, 2.24) is 15.0 Å². The first-order chi connectivity index (χ1) is 35.5. The summed E-state index contributed by atoms with van der Waals surface area (Å²) in [5.74, 6) is 4.48. The van der Waals surface area contributed by atoms with Gasteiger partial charge in [0.05, 0.1) is 5.56 Å². The van der Waals surface area contributed by atoms with Crippen molar-refractivity contribution >= 4 is 53.4 Å². The van der Waals surface area contributed by atoms with Crippen LogP contribution < -0.4 is 0 Å². The lowest BCUT2D eigenvalue weighted by atomic mass is 9.48. The Hall–Kier alpha value is -7.99. The molecule has 0 unspecified atom stereocenters. The first kappa shape index (κ1) is 41.8. The molecule has 12 aromatic rings. The second-order valence-electron chi connectivity index (χ2n) is 21.0. The highest BCUT2D eigenvalue weighted by molar-refractivity contribution is 7.25. The minimum absolute atomic E-state index is 0.336. The van der Waals surface area contributed by atoms with Crippen LogP contribution in [-0.4, -0.2) is 15.0 Å². The number of furan rings is 1. The molecule has 72 heavy (non-hydrogen) atoms. The van der Waals surface area contributed by atoms with Crippen molar-refractivity contribution in [3.63, 3.8) is 0 Å². The zero-order chi connectivity index (χ0) is 47.3. The first-order valence-electron chi connectivity index (χ1n) is 25.6. The Morgan fingerprint density at radius 3 is 1.51 bits per heavy atom. The van der Waals surface area contributed by atoms with Crippen molar-refractivity contribution < 1.29 is 4.42 Å². The fourth-order valence-electron chi connectivity index (χ4n) is 13.5. The van der Waals surface area contributed by atoms with E-state index in [1.807, 2.05) is 17.4 Å². The van der Waals surface area contributed by atoms with Crippen molar-refractivity contribution in [1.29, 1.82) is 0 Å². The molecule has 5 heteroatoms. The van der Waals surface area contributed by atoms with Crippen molar-refractivity contribution in [3.8, 4) is 78.7 Å². The van der Waals surface area contributed by atoms with Gasteiger partial charge < -0.3 is 4.42 Å². The summed E-state index contributed by atoms with van der Waals surface area (Å²) in [4.78, 5) is 16.4. The topological polar surface area (TPSA) is 51.8 Å². The van der Waals surface area contributed by atoms with Gasteiger partial charge in [-0.2, -0.15) is 0 Å². The van der Waals surface area contributed by atoms with Crippen molar-refractivity contribution in [2.24, 2.45) is 17.8 Å². The number of hydrogen-bond acceptors (Lipinski definition) is 5. The lowest BCUT2D eigenvalue weighted by Gasteiger charge is -2.57. The van der Waals surface area contributed by atoms with Crippen LogP contribution in [0.1, 0.15) is 44.1 Å². The second-order valence-corrected chi connectivity index (χ2v) is 22.1. The number of rotatable bonds is 8. The largest absolute Gasteiger partial charge is 0.455 e. The van der Waals surface area contributed by atoms with Gasteiger partial charge in [-0.15, -0.1) is 11.3 Å². The van der Waals surface area contributed by atoms with Crippen LogP contribution in [0, 0.1) is 17.8 Å². The van der Waals surface area contributed by atoms with Gasteiger partial charge in [-0.25, -0.2) is 15.0 Å². The third-order valence-corrected chi connectivity index (χ3v) is 17.6. The highest BCUT2D eigenvalue weighted by Crippen LogP contribution is 2.61. The smallest absolute Gasteiger partial charge is 0.167 e. The summed E-state index contributed by atoms with van der Waals surface area (Å²) in [6.45, 7) is 0. The van der Waals surface area contributed by atoms with Crippen LogP contribution in [0.2, 0.25) is 0 Å². The van der Waals surface area contributed by atoms with E-state index < -0.39 is 0 Å². The summed E-state index contributed by atoms with van der Waals surface area (Å²) in [6.07, 6.45) is 8.40. The van der Waals surface area contributed by atoms with Gasteiger partial charge in [0.2, 0.25) is 0 Å². The van der Waals surface area contributed by atoms with E-state index in [0.717, 1.165) is 84.2 Å². The summed E-state index contributed by atoms with van der Waals surface area (Å²) in [7, 11) is 0. The Balaban J connectivity index is 0.928. The van der Waals surface area contributed by atoms with Gasteiger partial charge in [0.1, 0.15) is 11.2 Å². The molecule has 0 radical (unpaired) electrons. The maximum atomic E-state index is 6.87. The standard InChI is InChI=1S/C67H49N3OS/c1-3-11-44(12-4-1)46-19-21-47(22-20-46)51-32-50(45-13-5-2-6-14-45)33-53(34-51)65-68-64(49-25-28-62-57(35-49)56-16-8-10-18-61(56)72-62)69-66(70-65)59-37-52(36-58-55-15-7-9-17-60(55)71-63(58)59)48-23-26-54(27-24-48)67-38-41-29-42(39-67)31-43(30-41)40-67/h1-28,32-37,41-43H,29-31,38-40H2. The van der Waals surface area contributed by atoms with Crippen LogP contribution >= 0.6 is 11.3 Å². The molecule has 0 amide bonds. The van der Waals surface area contributed by atoms with E-state index >= 15 is 0 Å². The van der Waals surface area contributed by atoms with Crippen LogP contribution in [0.25, 0.3) is 121 Å². The van der Waals surface area contributed by atoms with Crippen LogP contribution in [0.4, 0.5) is 0 Å². The molecular formula is C67H49N3OS. The molecule has 4 aliphatic rings. The molecule has 3 aromatic heterocycles. The van der Waals surface area contributed by atoms with Crippen LogP contribution in [0.5, 0.6) is 0 Å². The molecule has 0 N–H and O–H groups in total. The Labute approximate surface area is 422 Å². The average molecular weight is 944 g/mol. The van der Waals surface area contributed by atoms with Crippen molar-refractivity contribution in [2.45, 2.75) is 43.9 Å². The predicted octanol–water partition coefficient (Wildman–Crippen LogP) is 18.3. The molecule has 3 heterocycles. The lowest BCUT2D eigenvalue weighted by molar-refractivity contribution is -0.00518. The van der Waals surface area contributed by atoms with E-state index in [9.17, 15) is 0 Å². The predicted molar refractivity (Wildman–Crippen MR) is 298 cm³/mol. The Bertz CT molecular complexity index is 4020. The number of thiophene rings is 1. The molecule has 344 valence electrons. The molecule has 0 spiro atoms. The number of hydrogen-bond donors (Lipinski definition) is 0. The highest BCUT2D eigenvalue weighted by atomic mass is 32.1. The Morgan fingerprint density at radius 2 is 0.833 bits per heavy atom. The van der Waals surface area contributed by atoms with Gasteiger partial charge in [-0.3, -0.25) is 0 Å². The minimum atomic E-state index is 0.336. The maximum Gasteiger partial charge on any atom is 0.167 e. The molecule has 16 rings (SSSR count). The highest BCUT2D eigenvalue weighted by Gasteiger charge is 2.51. The molecule has 0 saturated heterocycles. The summed E-state index contributed by atoms with van der Waals surface area (Å²) < 4.78 is 9.37. The fourth-order valence-corrected chi connectivity index (χ4v) is 14.6. The zero-order valence-corrected chi connectivity index (χ0v) is 40.6. The Kier molecular flexibility index (Phi) is 9.60. The van der Waals surface area contributed by atoms with Gasteiger partial charge in [0.15, 0.2) is 17.5 Å². The molecular weight excluding hydrogens is 895 g/mol. The SMILES string of the molecule is c1ccc(-c2ccc(-c3cc(-c4ccccc4)cc(-c4nc(-c5ccc6sc7ccccc7c6c5)nc(-c5cc(-c6ccc(C78CC9CC(CC(C9)C7)C8)cc6)cc6c5oc5ccccc56)n4)c3)cc2)cc1. The van der Waals surface area contributed by atoms with Gasteiger partial charge in [-0.1, -0.05) is 146 Å². The summed E-state index contributed by atoms with van der Waals surface area (Å²) >= 11 is 1.82. The lowest BCUT2D eigenvalue weighted by Crippen LogP contribution is -2.48. The number of aromatic nitrogens is 3. The summed E-state index contributed by atoms with van der Waals surface area (Å²) in [5.41, 5.74) is 15.2. The van der Waals surface area contributed by atoms with Crippen molar-refractivity contribution in [3.05, 3.63) is 212 Å². The van der Waals surface area contributed by atoms with E-state index in [-0.39, 0.29) is 0 Å². The number of fused-ring (bicyclic) bond motifs is 6. The van der Waals surface area contributed by atoms with Gasteiger partial charge >= 0.3 is 0 Å². The van der Waals surface area contributed by atoms with E-state index in [4.69, 9.17) is 19.4 Å². The van der Waals surface area contributed by atoms with Crippen LogP contribution in [0.15, 0.2) is 211 Å². The average Bonchev–Trinajstić information content (AvgIpc) is 4.01. The third-order valence-electron chi connectivity index (χ3n) is 16.5. The minimum Gasteiger partial charge on any atom is -0.455 e. The van der Waals surface area contributed by atoms with E-state index in [1.165, 1.54) is 81.0 Å². The van der Waals surface area contributed by atoms with E-state index in [0.29, 0.717) is 22.9 Å². The quantitative estimate of drug-likeness (QED) is 0.152. The van der Waals surface area contributed by atoms with Gasteiger partial charge in [0.25, 0.3) is 0 Å². The zero-order valence-electron chi connectivity index (χ0n) is 39.8. The van der Waals surface area contributed by atoms with Crippen molar-refractivity contribution in [2.75, 3.05) is 0 Å². The molecule has 0 atom stereocenters. The molecule has 4 aliphatic carbocycles. The molecule has 4 nitrogen and oxygen atoms in total. The number of nitrogens with zero attached hydrogens (tertiary/aromatic N) is 3. The van der Waals surface area contributed by atoms with Crippen LogP contribution in [-0.2, 0) is 5.41 Å². The monoisotopic (exact) mass is 943 g/mol. The normalized spacial score (nSPS) is 19.2. The van der Waals surface area contributed by atoms with E-state index in [1.54, 1.807) is 0 Å². The molecule has 4 saturated carbocycles. The molecule has 9 aromatic carbocycles. The maximum absolute atomic E-state index is 6.87. The van der Waals surface area contributed by atoms with Gasteiger partial charge in [-0.05, 0) is 172 Å². The number of benzene rings is 9. The fraction of sp³-hybridized carbons (Fsp3) is 0.149. The summed E-state index contributed by atoms with van der Waals surface area (Å²) in [5, 5.41) is 4.55. The van der Waals surface area contributed by atoms with E-state index in [2.05, 4.69) is 200 Å². The summed E-state index contributed by atoms with van der Waals surface area (Å²) in [6, 6.07) is 74.7. The molecule has 4 bridgehead atoms. The number of para-hydroxylation sites is 1. The van der Waals surface area contributed by atoms with Crippen LogP contribution in [0.3, 0.4) is 0 Å². The molecule has 0 aliphatic heterocycles. The third kappa shape index (κ3) is 7.12. The Morgan fingerprint density at radius 1 is 0.361 bits per heavy atom. The molecule has 4 fully saturated rings. The first-order valence-corrected chi connectivity index (χ1v) is 26.5. The second kappa shape index (κ2) is 16.5. The van der Waals surface area contributed by atoms with Gasteiger partial charge in [0, 0.05) is 42.1 Å².